The summed E-state index contributed by atoms with van der Waals surface area (Å²) in [6.07, 6.45) is 2.62. The van der Waals surface area contributed by atoms with Crippen molar-refractivity contribution in [2.75, 3.05) is 12.0 Å². The Morgan fingerprint density at radius 1 is 1.03 bits per heavy atom. The number of hydroxylamine groups is 1. The van der Waals surface area contributed by atoms with Gasteiger partial charge in [0.25, 0.3) is 0 Å². The van der Waals surface area contributed by atoms with Gasteiger partial charge in [-0.05, 0) is 37.1 Å². The van der Waals surface area contributed by atoms with Gasteiger partial charge in [0.15, 0.2) is 0 Å². The van der Waals surface area contributed by atoms with Gasteiger partial charge in [-0.3, -0.25) is 14.8 Å². The molecule has 8 heteroatoms. The average Bonchev–Trinajstić information content (AvgIpc) is 3.31. The van der Waals surface area contributed by atoms with E-state index in [1.165, 1.54) is 0 Å². The normalized spacial score (nSPS) is 10.6. The lowest BCUT2D eigenvalue weighted by atomic mass is 10.1. The van der Waals surface area contributed by atoms with E-state index in [1.807, 2.05) is 60.0 Å². The second kappa shape index (κ2) is 12.0. The molecule has 0 aliphatic heterocycles. The Kier molecular flexibility index (Phi) is 8.77. The molecule has 0 spiro atoms. The third-order valence-electron chi connectivity index (χ3n) is 5.00. The van der Waals surface area contributed by atoms with E-state index in [2.05, 4.69) is 0 Å². The monoisotopic (exact) mass is 453 g/mol. The lowest BCUT2D eigenvalue weighted by Crippen LogP contribution is -2.30. The Morgan fingerprint density at radius 3 is 2.44 bits per heavy atom. The van der Waals surface area contributed by atoms with Crippen molar-refractivity contribution in [2.45, 2.75) is 38.6 Å². The summed E-state index contributed by atoms with van der Waals surface area (Å²) < 4.78 is 5.24. The summed E-state index contributed by atoms with van der Waals surface area (Å²) in [6, 6.07) is 17.4. The fourth-order valence-electron chi connectivity index (χ4n) is 3.27. The van der Waals surface area contributed by atoms with Gasteiger partial charge in [0.05, 0.1) is 19.3 Å². The van der Waals surface area contributed by atoms with E-state index >= 15 is 0 Å². The molecule has 0 unspecified atom stereocenters. The lowest BCUT2D eigenvalue weighted by molar-refractivity contribution is -0.129. The molecule has 0 radical (unpaired) electrons. The predicted molar refractivity (Wildman–Crippen MR) is 125 cm³/mol. The van der Waals surface area contributed by atoms with Gasteiger partial charge < -0.3 is 9.64 Å². The number of carbonyl (C=O) groups excluding carboxylic acids is 2. The Balaban J connectivity index is 1.69. The van der Waals surface area contributed by atoms with Crippen LogP contribution in [-0.4, -0.2) is 29.1 Å². The molecule has 168 valence electrons. The topological polar surface area (TPSA) is 91.8 Å². The summed E-state index contributed by atoms with van der Waals surface area (Å²) in [4.78, 5) is 30.7. The number of benzene rings is 2. The number of rotatable bonds is 11. The van der Waals surface area contributed by atoms with E-state index in [4.69, 9.17) is 14.9 Å². The van der Waals surface area contributed by atoms with Crippen LogP contribution in [0, 0.1) is 0 Å². The Hall–Kier alpha value is -3.23. The smallest absolute Gasteiger partial charge is 0.243 e. The third-order valence-corrected chi connectivity index (χ3v) is 5.94. The predicted octanol–water partition coefficient (Wildman–Crippen LogP) is 4.81. The van der Waals surface area contributed by atoms with E-state index in [1.54, 1.807) is 28.8 Å². The molecular formula is C24H27N3O4S. The van der Waals surface area contributed by atoms with Crippen molar-refractivity contribution in [1.29, 1.82) is 0 Å². The van der Waals surface area contributed by atoms with Gasteiger partial charge in [-0.1, -0.05) is 36.8 Å². The van der Waals surface area contributed by atoms with Gasteiger partial charge in [-0.25, -0.2) is 10.5 Å². The fourth-order valence-corrected chi connectivity index (χ4v) is 4.09. The summed E-state index contributed by atoms with van der Waals surface area (Å²) in [6.45, 7) is 0.376. The highest BCUT2D eigenvalue weighted by atomic mass is 32.1. The zero-order chi connectivity index (χ0) is 22.8. The average molecular weight is 454 g/mol. The molecule has 3 rings (SSSR count). The number of ether oxygens (including phenoxy) is 1. The molecule has 0 atom stereocenters. The standard InChI is InChI=1S/C24H27N3O4S/c1-31-21-14-12-20(13-15-21)27(23(29)11-7-3-6-10-22(28)26-30)16-19-17-32-24(25-19)18-8-4-2-5-9-18/h2,4-5,8-9,12-15,17,30H,3,6-7,10-11,16H2,1H3,(H,26,28). The largest absolute Gasteiger partial charge is 0.497 e. The third kappa shape index (κ3) is 6.63. The Morgan fingerprint density at radius 2 is 1.75 bits per heavy atom. The van der Waals surface area contributed by atoms with Crippen molar-refractivity contribution in [3.05, 3.63) is 65.7 Å². The van der Waals surface area contributed by atoms with Crippen LogP contribution >= 0.6 is 11.3 Å². The van der Waals surface area contributed by atoms with Crippen molar-refractivity contribution >= 4 is 28.8 Å². The van der Waals surface area contributed by atoms with E-state index < -0.39 is 5.91 Å². The highest BCUT2D eigenvalue weighted by Crippen LogP contribution is 2.27. The maximum atomic E-state index is 13.1. The summed E-state index contributed by atoms with van der Waals surface area (Å²) in [7, 11) is 1.61. The minimum absolute atomic E-state index is 0.00367. The molecule has 2 aromatic carbocycles. The summed E-state index contributed by atoms with van der Waals surface area (Å²) in [5.41, 5.74) is 4.29. The number of methoxy groups -OCH3 is 1. The van der Waals surface area contributed by atoms with E-state index in [9.17, 15) is 9.59 Å². The quantitative estimate of drug-likeness (QED) is 0.247. The summed E-state index contributed by atoms with van der Waals surface area (Å²) >= 11 is 1.56. The van der Waals surface area contributed by atoms with E-state index in [-0.39, 0.29) is 12.3 Å². The van der Waals surface area contributed by atoms with Crippen LogP contribution in [0.5, 0.6) is 5.75 Å². The number of nitrogens with zero attached hydrogens (tertiary/aromatic N) is 2. The van der Waals surface area contributed by atoms with Crippen LogP contribution < -0.4 is 15.1 Å². The summed E-state index contributed by atoms with van der Waals surface area (Å²) in [5, 5.41) is 11.5. The first kappa shape index (κ1) is 23.4. The van der Waals surface area contributed by atoms with E-state index in [0.717, 1.165) is 34.1 Å². The van der Waals surface area contributed by atoms with Crippen LogP contribution in [0.1, 0.15) is 37.8 Å². The number of carbonyl (C=O) groups is 2. The van der Waals surface area contributed by atoms with Crippen molar-refractivity contribution in [2.24, 2.45) is 0 Å². The second-order valence-electron chi connectivity index (χ2n) is 7.28. The molecular weight excluding hydrogens is 426 g/mol. The highest BCUT2D eigenvalue weighted by Gasteiger charge is 2.18. The first-order valence-corrected chi connectivity index (χ1v) is 11.4. The number of thiazole rings is 1. The minimum Gasteiger partial charge on any atom is -0.497 e. The van der Waals surface area contributed by atoms with Crippen LogP contribution in [0.4, 0.5) is 5.69 Å². The molecule has 3 aromatic rings. The molecule has 0 aliphatic carbocycles. The molecule has 1 aromatic heterocycles. The van der Waals surface area contributed by atoms with Gasteiger partial charge in [0, 0.05) is 29.5 Å². The van der Waals surface area contributed by atoms with Crippen LogP contribution in [0.3, 0.4) is 0 Å². The molecule has 32 heavy (non-hydrogen) atoms. The van der Waals surface area contributed by atoms with Crippen LogP contribution in [0.25, 0.3) is 10.6 Å². The lowest BCUT2D eigenvalue weighted by Gasteiger charge is -2.22. The van der Waals surface area contributed by atoms with Gasteiger partial charge in [-0.15, -0.1) is 11.3 Å². The van der Waals surface area contributed by atoms with Crippen LogP contribution in [0.15, 0.2) is 60.0 Å². The first-order chi connectivity index (χ1) is 15.6. The van der Waals surface area contributed by atoms with Gasteiger partial charge in [0.1, 0.15) is 10.8 Å². The van der Waals surface area contributed by atoms with Crippen molar-refractivity contribution in [1.82, 2.24) is 10.5 Å². The molecule has 1 heterocycles. The minimum atomic E-state index is -0.408. The zero-order valence-corrected chi connectivity index (χ0v) is 18.8. The number of nitrogens with one attached hydrogen (secondary N) is 1. The number of hydrogen-bond donors (Lipinski definition) is 2. The number of anilines is 1. The van der Waals surface area contributed by atoms with Crippen molar-refractivity contribution in [3.63, 3.8) is 0 Å². The molecule has 0 bridgehead atoms. The van der Waals surface area contributed by atoms with Gasteiger partial charge in [-0.2, -0.15) is 0 Å². The summed E-state index contributed by atoms with van der Waals surface area (Å²) in [5.74, 6) is 0.313. The van der Waals surface area contributed by atoms with Gasteiger partial charge in [0.2, 0.25) is 11.8 Å². The van der Waals surface area contributed by atoms with Crippen LogP contribution in [0.2, 0.25) is 0 Å². The maximum absolute atomic E-state index is 13.1. The molecule has 2 amide bonds. The molecule has 2 N–H and O–H groups in total. The number of unbranched alkanes of at least 4 members (excludes halogenated alkanes) is 2. The zero-order valence-electron chi connectivity index (χ0n) is 18.0. The number of hydrogen-bond acceptors (Lipinski definition) is 6. The van der Waals surface area contributed by atoms with Gasteiger partial charge >= 0.3 is 0 Å². The Labute approximate surface area is 191 Å². The second-order valence-corrected chi connectivity index (χ2v) is 8.14. The molecule has 0 saturated heterocycles. The number of aromatic nitrogens is 1. The van der Waals surface area contributed by atoms with E-state index in [0.29, 0.717) is 25.8 Å². The highest BCUT2D eigenvalue weighted by molar-refractivity contribution is 7.13. The molecule has 7 nitrogen and oxygen atoms in total. The maximum Gasteiger partial charge on any atom is 0.243 e. The van der Waals surface area contributed by atoms with Crippen molar-refractivity contribution in [3.8, 4) is 16.3 Å². The Bertz CT molecular complexity index is 1010. The molecule has 0 aliphatic rings. The molecule has 0 fully saturated rings. The molecule has 0 saturated carbocycles. The van der Waals surface area contributed by atoms with Crippen molar-refractivity contribution < 1.29 is 19.5 Å². The first-order valence-electron chi connectivity index (χ1n) is 10.5. The number of amides is 2. The fraction of sp³-hybridized carbons (Fsp3) is 0.292. The SMILES string of the molecule is COc1ccc(N(Cc2csc(-c3ccccc3)n2)C(=O)CCCCCC(=O)NO)cc1. The van der Waals surface area contributed by atoms with Crippen LogP contribution in [-0.2, 0) is 16.1 Å².